The van der Waals surface area contributed by atoms with Crippen LogP contribution in [-0.4, -0.2) is 24.7 Å². The van der Waals surface area contributed by atoms with E-state index >= 15 is 0 Å². The Labute approximate surface area is 99.1 Å². The summed E-state index contributed by atoms with van der Waals surface area (Å²) in [6.45, 7) is 0. The summed E-state index contributed by atoms with van der Waals surface area (Å²) in [6.07, 6.45) is -5.40. The van der Waals surface area contributed by atoms with Gasteiger partial charge in [-0.25, -0.2) is 12.8 Å². The van der Waals surface area contributed by atoms with Crippen molar-refractivity contribution in [1.82, 2.24) is 0 Å². The van der Waals surface area contributed by atoms with E-state index in [0.29, 0.717) is 0 Å². The van der Waals surface area contributed by atoms with Crippen molar-refractivity contribution >= 4 is 10.1 Å². The Morgan fingerprint density at radius 2 is 1.29 bits per heavy atom. The van der Waals surface area contributed by atoms with Crippen molar-refractivity contribution in [3.05, 3.63) is 12.2 Å². The van der Waals surface area contributed by atoms with Crippen LogP contribution in [0.3, 0.4) is 0 Å². The third-order valence-corrected chi connectivity index (χ3v) is 1.18. The molecule has 0 bridgehead atoms. The van der Waals surface area contributed by atoms with E-state index in [-0.39, 0.29) is 22.8 Å². The Balaban J connectivity index is -0.000000218. The molecule has 0 aliphatic carbocycles. The van der Waals surface area contributed by atoms with Crippen molar-refractivity contribution in [2.45, 2.75) is 11.7 Å². The Morgan fingerprint density at radius 1 is 1.06 bits per heavy atom. The first-order chi connectivity index (χ1) is 6.73. The van der Waals surface area contributed by atoms with E-state index in [1.54, 1.807) is 0 Å². The van der Waals surface area contributed by atoms with Gasteiger partial charge in [-0.2, -0.15) is 30.7 Å². The van der Waals surface area contributed by atoms with Crippen molar-refractivity contribution in [2.24, 2.45) is 0 Å². The maximum absolute atomic E-state index is 10.9. The van der Waals surface area contributed by atoms with Crippen LogP contribution in [0.15, 0.2) is 5.83 Å². The molecule has 0 aromatic rings. The van der Waals surface area contributed by atoms with Gasteiger partial charge in [-0.05, 0) is 0 Å². The molecule has 0 atom stereocenters. The third kappa shape index (κ3) is 10.5. The van der Waals surface area contributed by atoms with Crippen LogP contribution in [0, 0.1) is 6.33 Å². The number of hydrogen-bond donors (Lipinski definition) is 0. The van der Waals surface area contributed by atoms with Gasteiger partial charge in [0.05, 0.1) is 0 Å². The minimum Gasteiger partial charge on any atom is -0.741 e. The molecule has 0 N–H and O–H groups in total. The molecule has 0 aliphatic heterocycles. The van der Waals surface area contributed by atoms with E-state index in [0.717, 1.165) is 0 Å². The average Bonchev–Trinajstić information content (AvgIpc) is 1.98. The fourth-order valence-corrected chi connectivity index (χ4v) is 0.0536. The van der Waals surface area contributed by atoms with Crippen LogP contribution in [0.2, 0.25) is 0 Å². The minimum absolute atomic E-state index is 0. The van der Waals surface area contributed by atoms with Crippen LogP contribution < -0.4 is 0 Å². The third-order valence-electron chi connectivity index (χ3n) is 0.615. The molecule has 0 spiro atoms. The molecule has 0 saturated carbocycles. The Bertz CT molecular complexity index is 341. The zero-order chi connectivity index (χ0) is 13.8. The second kappa shape index (κ2) is 7.11. The van der Waals surface area contributed by atoms with Gasteiger partial charge in [0.15, 0.2) is 10.1 Å². The van der Waals surface area contributed by atoms with Crippen molar-refractivity contribution < 1.29 is 64.6 Å². The molecular formula is C4F8NiO3S-. The van der Waals surface area contributed by atoms with Gasteiger partial charge in [-0.15, -0.1) is 0 Å². The van der Waals surface area contributed by atoms with Crippen LogP contribution >= 0.6 is 0 Å². The van der Waals surface area contributed by atoms with E-state index in [4.69, 9.17) is 13.0 Å². The molecule has 3 nitrogen and oxygen atoms in total. The monoisotopic (exact) mass is 338 g/mol. The van der Waals surface area contributed by atoms with Gasteiger partial charge < -0.3 is 4.55 Å². The summed E-state index contributed by atoms with van der Waals surface area (Å²) < 4.78 is 113. The predicted octanol–water partition coefficient (Wildman–Crippen LogP) is 2.18. The molecule has 13 heteroatoms. The summed E-state index contributed by atoms with van der Waals surface area (Å²) in [4.78, 5) is 0. The number of hydrogen-bond acceptors (Lipinski definition) is 3. The summed E-state index contributed by atoms with van der Waals surface area (Å²) in [5, 5.41) is 0. The van der Waals surface area contributed by atoms with Crippen molar-refractivity contribution in [3.8, 4) is 0 Å². The van der Waals surface area contributed by atoms with Gasteiger partial charge in [-0.1, -0.05) is 0 Å². The molecule has 0 aromatic heterocycles. The second-order valence-electron chi connectivity index (χ2n) is 1.81. The minimum atomic E-state index is -6.09. The number of rotatable bonds is 0. The first-order valence-corrected chi connectivity index (χ1v) is 4.12. The van der Waals surface area contributed by atoms with Gasteiger partial charge in [-0.3, -0.25) is 0 Å². The number of allylic oxidation sites excluding steroid dienone is 1. The first kappa shape index (κ1) is 21.8. The Kier molecular flexibility index (Phi) is 9.13. The van der Waals surface area contributed by atoms with Crippen molar-refractivity contribution in [2.75, 3.05) is 0 Å². The molecule has 0 aliphatic rings. The summed E-state index contributed by atoms with van der Waals surface area (Å²) in [6, 6.07) is 0. The second-order valence-corrected chi connectivity index (χ2v) is 3.18. The summed E-state index contributed by atoms with van der Waals surface area (Å²) in [5.41, 5.74) is -5.65. The van der Waals surface area contributed by atoms with Crippen LogP contribution in [0.25, 0.3) is 0 Å². The maximum Gasteiger partial charge on any atom is 0.485 e. The number of alkyl halides is 6. The maximum atomic E-state index is 10.9. The quantitative estimate of drug-likeness (QED) is 0.294. The van der Waals surface area contributed by atoms with Crippen LogP contribution in [0.4, 0.5) is 35.1 Å². The largest absolute Gasteiger partial charge is 0.741 e. The fourth-order valence-electron chi connectivity index (χ4n) is 0.0536. The van der Waals surface area contributed by atoms with E-state index < -0.39 is 27.6 Å². The summed E-state index contributed by atoms with van der Waals surface area (Å²) >= 11 is 0. The van der Waals surface area contributed by atoms with E-state index in [9.17, 15) is 35.1 Å². The summed E-state index contributed by atoms with van der Waals surface area (Å²) in [7, 11) is -6.09. The molecule has 0 unspecified atom stereocenters. The molecule has 17 heavy (non-hydrogen) atoms. The zero-order valence-corrected chi connectivity index (χ0v) is 8.78. The van der Waals surface area contributed by atoms with Gasteiger partial charge >= 0.3 is 11.7 Å². The molecule has 0 heterocycles. The van der Waals surface area contributed by atoms with Crippen molar-refractivity contribution in [1.29, 1.82) is 0 Å². The van der Waals surface area contributed by atoms with Gasteiger partial charge in [0, 0.05) is 16.5 Å². The van der Waals surface area contributed by atoms with Gasteiger partial charge in [0.1, 0.15) is 0 Å². The number of halogens is 8. The normalized spacial score (nSPS) is 13.4. The molecule has 1 radical (unpaired) electrons. The van der Waals surface area contributed by atoms with Gasteiger partial charge in [0.2, 0.25) is 12.2 Å². The molecule has 0 rings (SSSR count). The molecule has 0 fully saturated rings. The zero-order valence-electron chi connectivity index (χ0n) is 6.97. The first-order valence-electron chi connectivity index (χ1n) is 2.72. The predicted molar refractivity (Wildman–Crippen MR) is 30.8 cm³/mol. The standard InChI is InChI=1S/C3F5.CHF3O3S.Ni/c4-1-2(5)3(6,7)8;2-1(3,4)8(5,6)7;/h;(H,5,6,7);/p-1. The van der Waals surface area contributed by atoms with Gasteiger partial charge in [0.25, 0.3) is 0 Å². The fraction of sp³-hybridized carbons (Fsp3) is 0.500. The Morgan fingerprint density at radius 3 is 1.29 bits per heavy atom. The Hall–Kier alpha value is -0.416. The van der Waals surface area contributed by atoms with Crippen LogP contribution in [-0.2, 0) is 26.6 Å². The van der Waals surface area contributed by atoms with E-state index in [1.165, 1.54) is 0 Å². The smallest absolute Gasteiger partial charge is 0.485 e. The van der Waals surface area contributed by atoms with Crippen molar-refractivity contribution in [3.63, 3.8) is 0 Å². The molecule has 107 valence electrons. The SMILES string of the molecule is F[C]=C(F)C(F)(F)F.O=S(=O)([O-])C(F)(F)F.[Ni]. The molecule has 0 aromatic carbocycles. The van der Waals surface area contributed by atoms with Crippen LogP contribution in [0.5, 0.6) is 0 Å². The molecular weight excluding hydrogens is 339 g/mol. The molecule has 0 amide bonds. The average molecular weight is 339 g/mol. The van der Waals surface area contributed by atoms with Crippen LogP contribution in [0.1, 0.15) is 0 Å². The molecule has 0 saturated heterocycles. The topological polar surface area (TPSA) is 57.2 Å². The van der Waals surface area contributed by atoms with E-state index in [1.807, 2.05) is 0 Å². The summed E-state index contributed by atoms with van der Waals surface area (Å²) in [5.74, 6) is -2.84. The van der Waals surface area contributed by atoms with E-state index in [2.05, 4.69) is 0 Å².